The van der Waals surface area contributed by atoms with Gasteiger partial charge in [0.05, 0.1) is 12.0 Å². The second-order valence-corrected chi connectivity index (χ2v) is 9.30. The minimum absolute atomic E-state index is 0.0579. The molecule has 1 amide bonds. The molecular formula is C29H30FN3O5. The maximum Gasteiger partial charge on any atom is 0.269 e. The summed E-state index contributed by atoms with van der Waals surface area (Å²) in [7, 11) is 1.56. The number of nitro benzene ring substituents is 1. The minimum atomic E-state index is -0.496. The van der Waals surface area contributed by atoms with Gasteiger partial charge in [-0.1, -0.05) is 6.07 Å². The molecule has 0 N–H and O–H groups in total. The fraction of sp³-hybridized carbons (Fsp3) is 0.310. The van der Waals surface area contributed by atoms with Crippen molar-refractivity contribution in [3.05, 3.63) is 99.9 Å². The molecule has 0 spiro atoms. The van der Waals surface area contributed by atoms with E-state index in [0.29, 0.717) is 35.5 Å². The number of Topliss-reactive ketones (excluding diaryl/α,β-unsaturated/α-hetero) is 1. The molecule has 0 aliphatic carbocycles. The van der Waals surface area contributed by atoms with E-state index in [9.17, 15) is 24.1 Å². The molecule has 1 heterocycles. The van der Waals surface area contributed by atoms with Gasteiger partial charge in [0.1, 0.15) is 11.6 Å². The Hall–Kier alpha value is -4.11. The lowest BCUT2D eigenvalue weighted by Gasteiger charge is -2.32. The number of methoxy groups -OCH3 is 1. The van der Waals surface area contributed by atoms with E-state index in [1.165, 1.54) is 36.4 Å². The summed E-state index contributed by atoms with van der Waals surface area (Å²) in [5.41, 5.74) is 1.51. The van der Waals surface area contributed by atoms with Gasteiger partial charge in [-0.2, -0.15) is 0 Å². The first-order valence-corrected chi connectivity index (χ1v) is 12.6. The number of halogens is 1. The van der Waals surface area contributed by atoms with Gasteiger partial charge < -0.3 is 14.5 Å². The molecule has 1 fully saturated rings. The van der Waals surface area contributed by atoms with Crippen molar-refractivity contribution < 1.29 is 23.6 Å². The topological polar surface area (TPSA) is 93.0 Å². The summed E-state index contributed by atoms with van der Waals surface area (Å²) in [4.78, 5) is 40.6. The first-order chi connectivity index (χ1) is 18.4. The van der Waals surface area contributed by atoms with Crippen molar-refractivity contribution in [3.8, 4) is 5.75 Å². The molecule has 0 aromatic heterocycles. The van der Waals surface area contributed by atoms with Crippen molar-refractivity contribution >= 4 is 23.1 Å². The Kier molecular flexibility index (Phi) is 8.81. The highest BCUT2D eigenvalue weighted by Crippen LogP contribution is 2.25. The normalized spacial score (nSPS) is 14.2. The molecule has 8 nitrogen and oxygen atoms in total. The Morgan fingerprint density at radius 2 is 1.68 bits per heavy atom. The van der Waals surface area contributed by atoms with Crippen molar-refractivity contribution in [2.24, 2.45) is 5.92 Å². The zero-order chi connectivity index (χ0) is 27.1. The third-order valence-electron chi connectivity index (χ3n) is 6.88. The van der Waals surface area contributed by atoms with Crippen LogP contribution < -0.4 is 9.64 Å². The molecular weight excluding hydrogens is 489 g/mol. The molecule has 9 heteroatoms. The first-order valence-electron chi connectivity index (χ1n) is 12.6. The number of ether oxygens (including phenoxy) is 1. The number of hydrogen-bond acceptors (Lipinski definition) is 6. The van der Waals surface area contributed by atoms with Crippen molar-refractivity contribution in [1.29, 1.82) is 0 Å². The smallest absolute Gasteiger partial charge is 0.269 e. The van der Waals surface area contributed by atoms with Crippen LogP contribution in [0.25, 0.3) is 0 Å². The number of nitrogens with zero attached hydrogens (tertiary/aromatic N) is 3. The second-order valence-electron chi connectivity index (χ2n) is 9.30. The van der Waals surface area contributed by atoms with Crippen molar-refractivity contribution in [1.82, 2.24) is 4.90 Å². The molecule has 4 rings (SSSR count). The molecule has 0 radical (unpaired) electrons. The van der Waals surface area contributed by atoms with E-state index in [-0.39, 0.29) is 29.1 Å². The molecule has 1 aliphatic rings. The molecule has 0 atom stereocenters. The van der Waals surface area contributed by atoms with E-state index < -0.39 is 4.92 Å². The number of likely N-dealkylation sites (tertiary alicyclic amines) is 1. The van der Waals surface area contributed by atoms with Crippen molar-refractivity contribution in [2.45, 2.75) is 19.3 Å². The molecule has 3 aromatic carbocycles. The van der Waals surface area contributed by atoms with E-state index in [0.717, 1.165) is 32.5 Å². The first kappa shape index (κ1) is 26.9. The highest BCUT2D eigenvalue weighted by molar-refractivity contribution is 6.06. The van der Waals surface area contributed by atoms with E-state index >= 15 is 0 Å². The molecule has 1 aliphatic heterocycles. The molecule has 38 heavy (non-hydrogen) atoms. The Labute approximate surface area is 220 Å². The van der Waals surface area contributed by atoms with Crippen molar-refractivity contribution in [3.63, 3.8) is 0 Å². The Morgan fingerprint density at radius 3 is 2.32 bits per heavy atom. The highest BCUT2D eigenvalue weighted by atomic mass is 19.1. The zero-order valence-electron chi connectivity index (χ0n) is 21.2. The highest BCUT2D eigenvalue weighted by Gasteiger charge is 2.26. The maximum atomic E-state index is 13.4. The number of piperidine rings is 1. The Morgan fingerprint density at radius 1 is 1.03 bits per heavy atom. The minimum Gasteiger partial charge on any atom is -0.497 e. The average molecular weight is 520 g/mol. The summed E-state index contributed by atoms with van der Waals surface area (Å²) >= 11 is 0. The van der Waals surface area contributed by atoms with Gasteiger partial charge in [-0.05, 0) is 87.4 Å². The SMILES string of the molecule is COc1cccc(N(CCCN2CCC(C(=O)c3ccc(F)cc3)CC2)C(=O)c2ccc([N+](=O)[O-])cc2)c1. The van der Waals surface area contributed by atoms with Crippen LogP contribution in [0.1, 0.15) is 40.0 Å². The monoisotopic (exact) mass is 519 g/mol. The summed E-state index contributed by atoms with van der Waals surface area (Å²) in [6.45, 7) is 2.74. The number of carbonyl (C=O) groups excluding carboxylic acids is 2. The quantitative estimate of drug-likeness (QED) is 0.203. The van der Waals surface area contributed by atoms with Crippen LogP contribution in [0.15, 0.2) is 72.8 Å². The van der Waals surface area contributed by atoms with Gasteiger partial charge in [0.25, 0.3) is 11.6 Å². The van der Waals surface area contributed by atoms with Crippen LogP contribution in [0.2, 0.25) is 0 Å². The Balaban J connectivity index is 1.37. The zero-order valence-corrected chi connectivity index (χ0v) is 21.2. The molecule has 1 saturated heterocycles. The fourth-order valence-corrected chi connectivity index (χ4v) is 4.73. The molecule has 0 bridgehead atoms. The van der Waals surface area contributed by atoms with Gasteiger partial charge in [0, 0.05) is 47.5 Å². The number of ketones is 1. The van der Waals surface area contributed by atoms with Gasteiger partial charge in [-0.3, -0.25) is 19.7 Å². The summed E-state index contributed by atoms with van der Waals surface area (Å²) < 4.78 is 18.5. The van der Waals surface area contributed by atoms with Crippen LogP contribution in [0.3, 0.4) is 0 Å². The standard InChI is InChI=1S/C29H30FN3O5/c1-38-27-5-2-4-26(20-27)32(29(35)23-8-12-25(13-9-23)33(36)37)17-3-16-31-18-14-22(15-19-31)28(34)21-6-10-24(30)11-7-21/h2,4-13,20,22H,3,14-19H2,1H3. The molecule has 198 valence electrons. The van der Waals surface area contributed by atoms with Gasteiger partial charge in [-0.25, -0.2) is 4.39 Å². The number of non-ortho nitro benzene ring substituents is 1. The van der Waals surface area contributed by atoms with Crippen LogP contribution in [-0.4, -0.2) is 54.8 Å². The summed E-state index contributed by atoms with van der Waals surface area (Å²) in [6, 6.07) is 18.5. The maximum absolute atomic E-state index is 13.4. The third kappa shape index (κ3) is 6.60. The van der Waals surface area contributed by atoms with E-state index in [1.54, 1.807) is 36.3 Å². The van der Waals surface area contributed by atoms with Crippen LogP contribution in [0.5, 0.6) is 5.75 Å². The lowest BCUT2D eigenvalue weighted by molar-refractivity contribution is -0.384. The third-order valence-corrected chi connectivity index (χ3v) is 6.88. The Bertz CT molecular complexity index is 1270. The summed E-state index contributed by atoms with van der Waals surface area (Å²) in [5, 5.41) is 11.0. The number of amides is 1. The number of nitro groups is 1. The van der Waals surface area contributed by atoms with Crippen LogP contribution in [0, 0.1) is 21.8 Å². The number of rotatable bonds is 10. The number of anilines is 1. The van der Waals surface area contributed by atoms with Crippen LogP contribution in [-0.2, 0) is 0 Å². The lowest BCUT2D eigenvalue weighted by Crippen LogP contribution is -2.39. The van der Waals surface area contributed by atoms with Crippen molar-refractivity contribution in [2.75, 3.05) is 38.2 Å². The van der Waals surface area contributed by atoms with Gasteiger partial charge in [-0.15, -0.1) is 0 Å². The average Bonchev–Trinajstić information content (AvgIpc) is 2.95. The predicted molar refractivity (Wildman–Crippen MR) is 142 cm³/mol. The second kappa shape index (κ2) is 12.4. The van der Waals surface area contributed by atoms with Gasteiger partial charge >= 0.3 is 0 Å². The van der Waals surface area contributed by atoms with Crippen LogP contribution in [0.4, 0.5) is 15.8 Å². The number of carbonyl (C=O) groups is 2. The molecule has 0 unspecified atom stereocenters. The predicted octanol–water partition coefficient (Wildman–Crippen LogP) is 5.37. The summed E-state index contributed by atoms with van der Waals surface area (Å²) in [5.74, 6) is -0.00341. The van der Waals surface area contributed by atoms with Gasteiger partial charge in [0.2, 0.25) is 0 Å². The fourth-order valence-electron chi connectivity index (χ4n) is 4.73. The van der Waals surface area contributed by atoms with Crippen LogP contribution >= 0.6 is 0 Å². The van der Waals surface area contributed by atoms with E-state index in [2.05, 4.69) is 4.90 Å². The largest absolute Gasteiger partial charge is 0.497 e. The summed E-state index contributed by atoms with van der Waals surface area (Å²) in [6.07, 6.45) is 2.17. The number of benzene rings is 3. The molecule has 3 aromatic rings. The van der Waals surface area contributed by atoms with Gasteiger partial charge in [0.15, 0.2) is 5.78 Å². The lowest BCUT2D eigenvalue weighted by atomic mass is 9.89. The van der Waals surface area contributed by atoms with E-state index in [1.807, 2.05) is 12.1 Å². The van der Waals surface area contributed by atoms with E-state index in [4.69, 9.17) is 4.74 Å². The molecule has 0 saturated carbocycles. The number of hydrogen-bond donors (Lipinski definition) is 0.